The Morgan fingerprint density at radius 2 is 1.74 bits per heavy atom. The lowest BCUT2D eigenvalue weighted by Crippen LogP contribution is -2.30. The zero-order valence-electron chi connectivity index (χ0n) is 19.0. The summed E-state index contributed by atoms with van der Waals surface area (Å²) in [5.74, 6) is -1.47. The molecule has 3 aromatic rings. The minimum atomic E-state index is -0.922. The molecule has 0 aliphatic carbocycles. The topological polar surface area (TPSA) is 87.1 Å². The van der Waals surface area contributed by atoms with Gasteiger partial charge in [-0.2, -0.15) is 0 Å². The summed E-state index contributed by atoms with van der Waals surface area (Å²) >= 11 is 6.37. The number of aryl methyl sites for hydroxylation is 2. The van der Waals surface area contributed by atoms with Crippen molar-refractivity contribution in [1.29, 1.82) is 0 Å². The van der Waals surface area contributed by atoms with Crippen LogP contribution in [0.3, 0.4) is 0 Å². The highest BCUT2D eigenvalue weighted by Crippen LogP contribution is 2.44. The molecule has 0 spiro atoms. The number of anilines is 1. The van der Waals surface area contributed by atoms with Gasteiger partial charge in [-0.15, -0.1) is 0 Å². The van der Waals surface area contributed by atoms with Crippen LogP contribution in [0.4, 0.5) is 5.69 Å². The number of hydrogen-bond acceptors (Lipinski definition) is 5. The van der Waals surface area contributed by atoms with E-state index in [0.29, 0.717) is 23.6 Å². The highest BCUT2D eigenvalue weighted by molar-refractivity contribution is 6.52. The van der Waals surface area contributed by atoms with Crippen molar-refractivity contribution >= 4 is 34.7 Å². The molecule has 7 heteroatoms. The second kappa shape index (κ2) is 9.23. The van der Waals surface area contributed by atoms with Gasteiger partial charge in [0.05, 0.1) is 23.2 Å². The van der Waals surface area contributed by atoms with E-state index in [9.17, 15) is 19.8 Å². The number of benzene rings is 3. The Labute approximate surface area is 202 Å². The molecule has 1 aliphatic heterocycles. The normalized spacial score (nSPS) is 17.3. The zero-order valence-corrected chi connectivity index (χ0v) is 19.8. The number of hydrogen-bond donors (Lipinski definition) is 2. The number of aliphatic hydroxyl groups is 1. The van der Waals surface area contributed by atoms with E-state index < -0.39 is 23.5 Å². The predicted octanol–water partition coefficient (Wildman–Crippen LogP) is 5.69. The van der Waals surface area contributed by atoms with Crippen LogP contribution in [0.5, 0.6) is 11.5 Å². The number of ketones is 1. The molecule has 1 atom stereocenters. The number of carbonyl (C=O) groups excluding carboxylic acids is 2. The third kappa shape index (κ3) is 4.13. The molecule has 0 saturated carbocycles. The molecule has 1 fully saturated rings. The summed E-state index contributed by atoms with van der Waals surface area (Å²) in [5, 5.41) is 21.3. The van der Waals surface area contributed by atoms with Crippen LogP contribution in [-0.2, 0) is 9.59 Å². The first-order chi connectivity index (χ1) is 16.2. The monoisotopic (exact) mass is 477 g/mol. The number of halogens is 1. The fourth-order valence-electron chi connectivity index (χ4n) is 4.22. The van der Waals surface area contributed by atoms with Crippen LogP contribution in [0.2, 0.25) is 5.02 Å². The first kappa shape index (κ1) is 23.4. The molecule has 4 rings (SSSR count). The summed E-state index contributed by atoms with van der Waals surface area (Å²) in [6, 6.07) is 15.6. The first-order valence-electron chi connectivity index (χ1n) is 10.8. The fourth-order valence-corrected chi connectivity index (χ4v) is 4.42. The van der Waals surface area contributed by atoms with E-state index in [-0.39, 0.29) is 21.9 Å². The molecule has 1 amide bonds. The van der Waals surface area contributed by atoms with Gasteiger partial charge < -0.3 is 14.9 Å². The largest absolute Gasteiger partial charge is 0.508 e. The molecule has 0 radical (unpaired) electrons. The average Bonchev–Trinajstić information content (AvgIpc) is 3.06. The van der Waals surface area contributed by atoms with Gasteiger partial charge in [-0.25, -0.2) is 0 Å². The molecule has 2 N–H and O–H groups in total. The minimum absolute atomic E-state index is 0.0414. The van der Waals surface area contributed by atoms with Crippen LogP contribution < -0.4 is 9.64 Å². The van der Waals surface area contributed by atoms with E-state index in [4.69, 9.17) is 16.3 Å². The summed E-state index contributed by atoms with van der Waals surface area (Å²) in [5.41, 5.74) is 3.02. The molecule has 6 nitrogen and oxygen atoms in total. The van der Waals surface area contributed by atoms with Gasteiger partial charge in [-0.05, 0) is 68.3 Å². The summed E-state index contributed by atoms with van der Waals surface area (Å²) in [7, 11) is 0. The molecular formula is C27H24ClNO5. The van der Waals surface area contributed by atoms with Crippen molar-refractivity contribution in [1.82, 2.24) is 0 Å². The van der Waals surface area contributed by atoms with Crippen LogP contribution in [-0.4, -0.2) is 28.5 Å². The van der Waals surface area contributed by atoms with Crippen molar-refractivity contribution in [3.05, 3.63) is 93.5 Å². The Hall–Kier alpha value is -3.77. The SMILES string of the molecule is CCOc1ccc(Cl)c(/C(O)=C2\C(=O)C(=O)N(c3ccc(C)cc3C)C2c2ccc(O)cc2)c1. The lowest BCUT2D eigenvalue weighted by atomic mass is 9.94. The van der Waals surface area contributed by atoms with E-state index in [1.807, 2.05) is 32.9 Å². The average molecular weight is 478 g/mol. The molecule has 0 aromatic heterocycles. The van der Waals surface area contributed by atoms with Gasteiger partial charge in [0.25, 0.3) is 11.7 Å². The third-order valence-corrected chi connectivity index (χ3v) is 6.10. The number of ether oxygens (including phenoxy) is 1. The van der Waals surface area contributed by atoms with Crippen molar-refractivity contribution in [3.8, 4) is 11.5 Å². The second-order valence-corrected chi connectivity index (χ2v) is 8.53. The van der Waals surface area contributed by atoms with Crippen molar-refractivity contribution in [2.24, 2.45) is 0 Å². The Bertz CT molecular complexity index is 1310. The molecule has 0 bridgehead atoms. The van der Waals surface area contributed by atoms with Crippen LogP contribution in [0.1, 0.15) is 35.2 Å². The number of nitrogens with zero attached hydrogens (tertiary/aromatic N) is 1. The van der Waals surface area contributed by atoms with Gasteiger partial charge in [0, 0.05) is 11.3 Å². The van der Waals surface area contributed by atoms with Gasteiger partial charge in [0.2, 0.25) is 0 Å². The fraction of sp³-hybridized carbons (Fsp3) is 0.185. The summed E-state index contributed by atoms with van der Waals surface area (Å²) < 4.78 is 5.52. The van der Waals surface area contributed by atoms with Crippen LogP contribution in [0.25, 0.3) is 5.76 Å². The molecule has 1 unspecified atom stereocenters. The highest BCUT2D eigenvalue weighted by Gasteiger charge is 2.47. The van der Waals surface area contributed by atoms with Crippen molar-refractivity contribution in [3.63, 3.8) is 0 Å². The van der Waals surface area contributed by atoms with Crippen molar-refractivity contribution < 1.29 is 24.5 Å². The number of carbonyl (C=O) groups is 2. The van der Waals surface area contributed by atoms with Gasteiger partial charge >= 0.3 is 0 Å². The lowest BCUT2D eigenvalue weighted by molar-refractivity contribution is -0.132. The quantitative estimate of drug-likeness (QED) is 0.280. The smallest absolute Gasteiger partial charge is 0.300 e. The molecule has 1 aliphatic rings. The Balaban J connectivity index is 1.97. The Kier molecular flexibility index (Phi) is 6.35. The number of phenols is 1. The maximum atomic E-state index is 13.3. The number of aromatic hydroxyl groups is 1. The molecular weight excluding hydrogens is 454 g/mol. The van der Waals surface area contributed by atoms with Gasteiger partial charge in [0.1, 0.15) is 17.3 Å². The van der Waals surface area contributed by atoms with Crippen LogP contribution in [0, 0.1) is 13.8 Å². The van der Waals surface area contributed by atoms with Crippen molar-refractivity contribution in [2.45, 2.75) is 26.8 Å². The van der Waals surface area contributed by atoms with Crippen LogP contribution >= 0.6 is 11.6 Å². The molecule has 174 valence electrons. The van der Waals surface area contributed by atoms with E-state index in [2.05, 4.69) is 0 Å². The summed E-state index contributed by atoms with van der Waals surface area (Å²) in [6.07, 6.45) is 0. The zero-order chi connectivity index (χ0) is 24.6. The predicted molar refractivity (Wildman–Crippen MR) is 131 cm³/mol. The van der Waals surface area contributed by atoms with Gasteiger partial charge in [0.15, 0.2) is 0 Å². The highest BCUT2D eigenvalue weighted by atomic mass is 35.5. The van der Waals surface area contributed by atoms with E-state index in [1.165, 1.54) is 17.0 Å². The number of aliphatic hydroxyl groups excluding tert-OH is 1. The lowest BCUT2D eigenvalue weighted by Gasteiger charge is -2.27. The van der Waals surface area contributed by atoms with Crippen molar-refractivity contribution in [2.75, 3.05) is 11.5 Å². The van der Waals surface area contributed by atoms with Crippen LogP contribution in [0.15, 0.2) is 66.2 Å². The maximum absolute atomic E-state index is 13.3. The molecule has 3 aromatic carbocycles. The number of Topliss-reactive ketones (excluding diaryl/α,β-unsaturated/α-hetero) is 1. The molecule has 1 heterocycles. The van der Waals surface area contributed by atoms with E-state index >= 15 is 0 Å². The van der Waals surface area contributed by atoms with E-state index in [0.717, 1.165) is 11.1 Å². The number of rotatable bonds is 5. The summed E-state index contributed by atoms with van der Waals surface area (Å²) in [6.45, 7) is 6.04. The Morgan fingerprint density at radius 3 is 2.38 bits per heavy atom. The molecule has 34 heavy (non-hydrogen) atoms. The van der Waals surface area contributed by atoms with Gasteiger partial charge in [-0.1, -0.05) is 41.4 Å². The first-order valence-corrected chi connectivity index (χ1v) is 11.2. The molecule has 1 saturated heterocycles. The number of amides is 1. The standard InChI is InChI=1S/C27H24ClNO5/c1-4-34-19-10-11-21(28)20(14-19)25(31)23-24(17-6-8-18(30)9-7-17)29(27(33)26(23)32)22-12-5-15(2)13-16(22)3/h5-14,24,30-31H,4H2,1-3H3/b25-23+. The van der Waals surface area contributed by atoms with Gasteiger partial charge in [-0.3, -0.25) is 14.5 Å². The second-order valence-electron chi connectivity index (χ2n) is 8.13. The maximum Gasteiger partial charge on any atom is 0.300 e. The minimum Gasteiger partial charge on any atom is -0.508 e. The van der Waals surface area contributed by atoms with E-state index in [1.54, 1.807) is 36.4 Å². The summed E-state index contributed by atoms with van der Waals surface area (Å²) in [4.78, 5) is 28.0. The Morgan fingerprint density at radius 1 is 1.03 bits per heavy atom. The number of phenolic OH excluding ortho intramolecular Hbond substituents is 1. The third-order valence-electron chi connectivity index (χ3n) is 5.77.